The SMILES string of the molecule is CCOc1cc(C(=O)N2CCC(N3CCCCC3)CC2)ccc1Nc1ncc(Cl)c(Nc2ccccc2S(=O)(=O)NC)n1. The first kappa shape index (κ1) is 31.0. The van der Waals surface area contributed by atoms with Crippen molar-refractivity contribution < 1.29 is 17.9 Å². The number of ether oxygens (including phenoxy) is 1. The fourth-order valence-corrected chi connectivity index (χ4v) is 6.64. The number of rotatable bonds is 10. The van der Waals surface area contributed by atoms with Crippen LogP contribution in [0.15, 0.2) is 53.6 Å². The Morgan fingerprint density at radius 3 is 2.49 bits per heavy atom. The van der Waals surface area contributed by atoms with Crippen molar-refractivity contribution in [1.29, 1.82) is 0 Å². The molecule has 13 heteroatoms. The van der Waals surface area contributed by atoms with Crippen molar-refractivity contribution in [3.63, 3.8) is 0 Å². The molecule has 0 spiro atoms. The highest BCUT2D eigenvalue weighted by molar-refractivity contribution is 7.89. The first-order valence-corrected chi connectivity index (χ1v) is 16.5. The van der Waals surface area contributed by atoms with Crippen LogP contribution in [0.25, 0.3) is 0 Å². The van der Waals surface area contributed by atoms with Crippen molar-refractivity contribution >= 4 is 50.7 Å². The highest BCUT2D eigenvalue weighted by Gasteiger charge is 2.28. The van der Waals surface area contributed by atoms with E-state index in [1.165, 1.54) is 51.7 Å². The number of amides is 1. The number of nitrogens with zero attached hydrogens (tertiary/aromatic N) is 4. The van der Waals surface area contributed by atoms with Crippen molar-refractivity contribution in [1.82, 2.24) is 24.5 Å². The normalized spacial score (nSPS) is 16.6. The zero-order valence-corrected chi connectivity index (χ0v) is 26.0. The Morgan fingerprint density at radius 2 is 1.77 bits per heavy atom. The van der Waals surface area contributed by atoms with E-state index in [9.17, 15) is 13.2 Å². The average molecular weight is 628 g/mol. The maximum absolute atomic E-state index is 13.4. The van der Waals surface area contributed by atoms with E-state index in [2.05, 4.69) is 30.2 Å². The monoisotopic (exact) mass is 627 g/mol. The van der Waals surface area contributed by atoms with E-state index in [0.717, 1.165) is 25.9 Å². The van der Waals surface area contributed by atoms with Crippen molar-refractivity contribution in [3.05, 3.63) is 59.2 Å². The lowest BCUT2D eigenvalue weighted by Gasteiger charge is -2.40. The number of benzene rings is 2. The molecular formula is C30H38ClN7O4S. The van der Waals surface area contributed by atoms with E-state index >= 15 is 0 Å². The molecule has 0 unspecified atom stereocenters. The Labute approximate surface area is 258 Å². The van der Waals surface area contributed by atoms with Crippen LogP contribution in [-0.4, -0.2) is 80.0 Å². The standard InChI is InChI=1S/C30H38ClN7O4S/c1-3-42-26-19-21(29(39)38-17-13-22(14-18-38)37-15-7-4-8-16-37)11-12-24(26)35-30-33-20-23(31)28(36-30)34-25-9-5-6-10-27(25)43(40,41)32-2/h5-6,9-12,19-20,22,32H,3-4,7-8,13-18H2,1-2H3,(H2,33,34,35,36). The van der Waals surface area contributed by atoms with Gasteiger partial charge in [-0.3, -0.25) is 4.79 Å². The number of para-hydroxylation sites is 1. The van der Waals surface area contributed by atoms with E-state index in [-0.39, 0.29) is 27.6 Å². The van der Waals surface area contributed by atoms with Crippen LogP contribution in [0, 0.1) is 0 Å². The van der Waals surface area contributed by atoms with E-state index in [0.29, 0.717) is 35.3 Å². The van der Waals surface area contributed by atoms with Gasteiger partial charge in [0, 0.05) is 24.7 Å². The molecule has 1 amide bonds. The summed E-state index contributed by atoms with van der Waals surface area (Å²) in [7, 11) is -2.38. The van der Waals surface area contributed by atoms with Gasteiger partial charge in [-0.25, -0.2) is 18.1 Å². The smallest absolute Gasteiger partial charge is 0.253 e. The molecule has 3 N–H and O–H groups in total. The largest absolute Gasteiger partial charge is 0.492 e. The zero-order chi connectivity index (χ0) is 30.4. The third-order valence-electron chi connectivity index (χ3n) is 7.88. The van der Waals surface area contributed by atoms with Gasteiger partial charge in [0.15, 0.2) is 5.82 Å². The third kappa shape index (κ3) is 7.38. The molecule has 2 aromatic carbocycles. The highest BCUT2D eigenvalue weighted by Crippen LogP contribution is 2.32. The maximum atomic E-state index is 13.4. The lowest BCUT2D eigenvalue weighted by molar-refractivity contribution is 0.0589. The van der Waals surface area contributed by atoms with Crippen LogP contribution in [0.5, 0.6) is 5.75 Å². The van der Waals surface area contributed by atoms with Crippen molar-refractivity contribution in [2.24, 2.45) is 0 Å². The zero-order valence-electron chi connectivity index (χ0n) is 24.5. The van der Waals surface area contributed by atoms with Gasteiger partial charge in [0.2, 0.25) is 16.0 Å². The molecule has 2 aliphatic rings. The molecule has 1 aromatic heterocycles. The van der Waals surface area contributed by atoms with Gasteiger partial charge in [-0.15, -0.1) is 0 Å². The van der Waals surface area contributed by atoms with Gasteiger partial charge < -0.3 is 25.2 Å². The first-order chi connectivity index (χ1) is 20.8. The molecule has 11 nitrogen and oxygen atoms in total. The molecule has 2 saturated heterocycles. The number of nitrogens with one attached hydrogen (secondary N) is 3. The minimum atomic E-state index is -3.72. The van der Waals surface area contributed by atoms with Crippen LogP contribution in [-0.2, 0) is 10.0 Å². The summed E-state index contributed by atoms with van der Waals surface area (Å²) in [5, 5.41) is 6.36. The van der Waals surface area contributed by atoms with Crippen LogP contribution in [0.4, 0.5) is 23.1 Å². The summed E-state index contributed by atoms with van der Waals surface area (Å²) in [6.07, 6.45) is 7.28. The Kier molecular flexibility index (Phi) is 10.0. The molecule has 3 heterocycles. The van der Waals surface area contributed by atoms with E-state index in [1.807, 2.05) is 11.8 Å². The van der Waals surface area contributed by atoms with Crippen LogP contribution in [0.3, 0.4) is 0 Å². The molecule has 0 radical (unpaired) electrons. The van der Waals surface area contributed by atoms with Gasteiger partial charge in [-0.05, 0) is 83.1 Å². The minimum Gasteiger partial charge on any atom is -0.492 e. The van der Waals surface area contributed by atoms with Gasteiger partial charge in [0.05, 0.1) is 24.2 Å². The van der Waals surface area contributed by atoms with Gasteiger partial charge in [0.1, 0.15) is 15.7 Å². The number of sulfonamides is 1. The summed E-state index contributed by atoms with van der Waals surface area (Å²) in [4.78, 5) is 26.8. The Morgan fingerprint density at radius 1 is 1.02 bits per heavy atom. The summed E-state index contributed by atoms with van der Waals surface area (Å²) >= 11 is 6.36. The number of carbonyl (C=O) groups is 1. The molecule has 43 heavy (non-hydrogen) atoms. The molecule has 0 saturated carbocycles. The number of halogens is 1. The molecule has 5 rings (SSSR count). The number of aromatic nitrogens is 2. The molecule has 0 atom stereocenters. The molecule has 3 aromatic rings. The van der Waals surface area contributed by atoms with E-state index in [1.54, 1.807) is 36.4 Å². The topological polar surface area (TPSA) is 129 Å². The maximum Gasteiger partial charge on any atom is 0.253 e. The van der Waals surface area contributed by atoms with Crippen molar-refractivity contribution in [2.75, 3.05) is 50.5 Å². The number of piperidine rings is 2. The molecule has 2 aliphatic heterocycles. The summed E-state index contributed by atoms with van der Waals surface area (Å²) in [6.45, 7) is 6.12. The first-order valence-electron chi connectivity index (χ1n) is 14.7. The number of anilines is 4. The van der Waals surface area contributed by atoms with Gasteiger partial charge in [-0.1, -0.05) is 30.2 Å². The van der Waals surface area contributed by atoms with Crippen LogP contribution in [0.1, 0.15) is 49.4 Å². The third-order valence-corrected chi connectivity index (χ3v) is 9.63. The average Bonchev–Trinajstić information content (AvgIpc) is 3.04. The van der Waals surface area contributed by atoms with Crippen molar-refractivity contribution in [3.8, 4) is 5.75 Å². The summed E-state index contributed by atoms with van der Waals surface area (Å²) < 4.78 is 33.2. The fourth-order valence-electron chi connectivity index (χ4n) is 5.61. The second-order valence-electron chi connectivity index (χ2n) is 10.6. The van der Waals surface area contributed by atoms with Gasteiger partial charge in [0.25, 0.3) is 5.91 Å². The van der Waals surface area contributed by atoms with E-state index < -0.39 is 10.0 Å². The fraction of sp³-hybridized carbons (Fsp3) is 0.433. The molecule has 2 fully saturated rings. The lowest BCUT2D eigenvalue weighted by Crippen LogP contribution is -2.48. The Bertz CT molecular complexity index is 1540. The summed E-state index contributed by atoms with van der Waals surface area (Å²) in [6, 6.07) is 12.3. The number of hydrogen-bond acceptors (Lipinski definition) is 9. The minimum absolute atomic E-state index is 0.00554. The quantitative estimate of drug-likeness (QED) is 0.284. The number of hydrogen-bond donors (Lipinski definition) is 3. The second kappa shape index (κ2) is 13.9. The Balaban J connectivity index is 1.30. The summed E-state index contributed by atoms with van der Waals surface area (Å²) in [5.41, 5.74) is 1.45. The molecule has 230 valence electrons. The van der Waals surface area contributed by atoms with E-state index in [4.69, 9.17) is 16.3 Å². The predicted molar refractivity (Wildman–Crippen MR) is 168 cm³/mol. The van der Waals surface area contributed by atoms with Gasteiger partial charge in [-0.2, -0.15) is 4.98 Å². The number of carbonyl (C=O) groups excluding carboxylic acids is 1. The van der Waals surface area contributed by atoms with Gasteiger partial charge >= 0.3 is 0 Å². The Hall–Kier alpha value is -3.45. The summed E-state index contributed by atoms with van der Waals surface area (Å²) in [5.74, 6) is 0.917. The lowest BCUT2D eigenvalue weighted by atomic mass is 9.99. The van der Waals surface area contributed by atoms with Crippen LogP contribution >= 0.6 is 11.6 Å². The van der Waals surface area contributed by atoms with Crippen LogP contribution in [0.2, 0.25) is 5.02 Å². The highest BCUT2D eigenvalue weighted by atomic mass is 35.5. The van der Waals surface area contributed by atoms with Crippen LogP contribution < -0.4 is 20.1 Å². The second-order valence-corrected chi connectivity index (χ2v) is 12.9. The predicted octanol–water partition coefficient (Wildman–Crippen LogP) is 5.01. The number of likely N-dealkylation sites (tertiary alicyclic amines) is 2. The molecule has 0 bridgehead atoms. The molecule has 0 aliphatic carbocycles. The van der Waals surface area contributed by atoms with Crippen molar-refractivity contribution in [2.45, 2.75) is 50.0 Å². The molecular weight excluding hydrogens is 590 g/mol.